The van der Waals surface area contributed by atoms with Crippen LogP contribution in [0.5, 0.6) is 0 Å². The maximum absolute atomic E-state index is 12.2. The molecule has 26 heavy (non-hydrogen) atoms. The topological polar surface area (TPSA) is 84.4 Å². The van der Waals surface area contributed by atoms with Crippen molar-refractivity contribution in [2.75, 3.05) is 25.0 Å². The Morgan fingerprint density at radius 3 is 2.96 bits per heavy atom. The number of amides is 1. The number of nitrogens with one attached hydrogen (secondary N) is 1. The number of rotatable bonds is 5. The van der Waals surface area contributed by atoms with E-state index in [1.807, 2.05) is 24.0 Å². The molecular formula is C18H17ClN4O3. The molecule has 1 N–H and O–H groups in total. The van der Waals surface area contributed by atoms with Crippen LogP contribution in [0.4, 0.5) is 5.69 Å². The molecule has 2 aromatic heterocycles. The highest BCUT2D eigenvalue weighted by atomic mass is 35.5. The van der Waals surface area contributed by atoms with Crippen molar-refractivity contribution >= 4 is 23.2 Å². The molecule has 0 radical (unpaired) electrons. The quantitative estimate of drug-likeness (QED) is 0.739. The van der Waals surface area contributed by atoms with E-state index < -0.39 is 0 Å². The van der Waals surface area contributed by atoms with E-state index in [1.54, 1.807) is 24.5 Å². The second-order valence-electron chi connectivity index (χ2n) is 6.34. The van der Waals surface area contributed by atoms with Crippen LogP contribution >= 0.6 is 11.6 Å². The van der Waals surface area contributed by atoms with Crippen LogP contribution in [0.25, 0.3) is 11.6 Å². The number of hydrogen-bond acceptors (Lipinski definition) is 6. The average molecular weight is 373 g/mol. The first-order valence-electron chi connectivity index (χ1n) is 8.24. The van der Waals surface area contributed by atoms with Crippen molar-refractivity contribution in [1.82, 2.24) is 15.0 Å². The molecule has 1 amide bonds. The third-order valence-electron chi connectivity index (χ3n) is 4.31. The van der Waals surface area contributed by atoms with Gasteiger partial charge < -0.3 is 14.3 Å². The zero-order valence-corrected chi connectivity index (χ0v) is 14.9. The Morgan fingerprint density at radius 2 is 2.23 bits per heavy atom. The van der Waals surface area contributed by atoms with Crippen molar-refractivity contribution in [3.8, 4) is 11.6 Å². The fourth-order valence-corrected chi connectivity index (χ4v) is 3.02. The Balaban J connectivity index is 1.28. The van der Waals surface area contributed by atoms with E-state index in [0.717, 1.165) is 5.56 Å². The highest BCUT2D eigenvalue weighted by Gasteiger charge is 2.33. The fourth-order valence-electron chi connectivity index (χ4n) is 2.84. The molecule has 1 aliphatic heterocycles. The van der Waals surface area contributed by atoms with Gasteiger partial charge in [0.25, 0.3) is 0 Å². The van der Waals surface area contributed by atoms with E-state index in [4.69, 9.17) is 20.5 Å². The lowest BCUT2D eigenvalue weighted by molar-refractivity contribution is -0.118. The van der Waals surface area contributed by atoms with Gasteiger partial charge in [0.2, 0.25) is 17.6 Å². The second kappa shape index (κ2) is 6.93. The third-order valence-corrected chi connectivity index (χ3v) is 4.72. The molecule has 134 valence electrons. The summed E-state index contributed by atoms with van der Waals surface area (Å²) in [6, 6.07) is 9.03. The van der Waals surface area contributed by atoms with E-state index in [2.05, 4.69) is 15.5 Å². The van der Waals surface area contributed by atoms with Crippen LogP contribution in [-0.2, 0) is 4.79 Å². The summed E-state index contributed by atoms with van der Waals surface area (Å²) in [5.74, 6) is 1.64. The van der Waals surface area contributed by atoms with Crippen LogP contribution in [-0.4, -0.2) is 40.6 Å². The molecule has 1 aromatic carbocycles. The van der Waals surface area contributed by atoms with Crippen LogP contribution in [0.1, 0.15) is 17.4 Å². The van der Waals surface area contributed by atoms with Crippen molar-refractivity contribution in [3.05, 3.63) is 53.1 Å². The lowest BCUT2D eigenvalue weighted by atomic mass is 10.0. The minimum atomic E-state index is -0.0785. The van der Waals surface area contributed by atoms with Gasteiger partial charge in [-0.2, -0.15) is 4.98 Å². The molecule has 7 nitrogen and oxygen atoms in total. The van der Waals surface area contributed by atoms with Gasteiger partial charge in [-0.25, -0.2) is 0 Å². The Kier molecular flexibility index (Phi) is 4.48. The Morgan fingerprint density at radius 1 is 1.38 bits per heavy atom. The highest BCUT2D eigenvalue weighted by molar-refractivity contribution is 6.31. The molecule has 1 fully saturated rings. The first-order valence-corrected chi connectivity index (χ1v) is 8.62. The molecule has 3 aromatic rings. The van der Waals surface area contributed by atoms with Crippen LogP contribution in [0.15, 0.2) is 45.5 Å². The number of aromatic nitrogens is 2. The fraction of sp³-hybridized carbons (Fsp3) is 0.278. The summed E-state index contributed by atoms with van der Waals surface area (Å²) >= 11 is 6.08. The third kappa shape index (κ3) is 3.49. The van der Waals surface area contributed by atoms with Crippen molar-refractivity contribution < 1.29 is 13.7 Å². The summed E-state index contributed by atoms with van der Waals surface area (Å²) in [7, 11) is 0. The van der Waals surface area contributed by atoms with Crippen molar-refractivity contribution in [1.29, 1.82) is 0 Å². The van der Waals surface area contributed by atoms with Gasteiger partial charge in [0, 0.05) is 23.8 Å². The van der Waals surface area contributed by atoms with Crippen LogP contribution in [0.3, 0.4) is 0 Å². The zero-order valence-electron chi connectivity index (χ0n) is 14.1. The molecule has 1 aliphatic rings. The lowest BCUT2D eigenvalue weighted by Crippen LogP contribution is -2.48. The van der Waals surface area contributed by atoms with Gasteiger partial charge in [-0.15, -0.1) is 0 Å². The van der Waals surface area contributed by atoms with Crippen molar-refractivity contribution in [2.24, 2.45) is 0 Å². The molecule has 0 atom stereocenters. The van der Waals surface area contributed by atoms with Gasteiger partial charge in [0.15, 0.2) is 5.76 Å². The summed E-state index contributed by atoms with van der Waals surface area (Å²) in [6.07, 6.45) is 1.57. The number of benzene rings is 1. The van der Waals surface area contributed by atoms with E-state index in [1.165, 1.54) is 0 Å². The van der Waals surface area contributed by atoms with Gasteiger partial charge >= 0.3 is 0 Å². The summed E-state index contributed by atoms with van der Waals surface area (Å²) in [6.45, 7) is 3.62. The molecular weight excluding hydrogens is 356 g/mol. The molecule has 0 saturated carbocycles. The molecule has 0 unspecified atom stereocenters. The summed E-state index contributed by atoms with van der Waals surface area (Å²) in [4.78, 5) is 18.5. The molecule has 8 heteroatoms. The monoisotopic (exact) mass is 372 g/mol. The first-order chi connectivity index (χ1) is 12.6. The van der Waals surface area contributed by atoms with Crippen LogP contribution in [0.2, 0.25) is 5.02 Å². The minimum absolute atomic E-state index is 0.0785. The molecule has 3 heterocycles. The average Bonchev–Trinajstić information content (AvgIpc) is 3.24. The largest absolute Gasteiger partial charge is 0.461 e. The second-order valence-corrected chi connectivity index (χ2v) is 6.74. The predicted molar refractivity (Wildman–Crippen MR) is 96.0 cm³/mol. The lowest BCUT2D eigenvalue weighted by Gasteiger charge is -2.36. The number of nitrogens with zero attached hydrogens (tertiary/aromatic N) is 3. The summed E-state index contributed by atoms with van der Waals surface area (Å²) < 4.78 is 10.6. The van der Waals surface area contributed by atoms with E-state index in [0.29, 0.717) is 47.8 Å². The molecule has 0 aliphatic carbocycles. The smallest absolute Gasteiger partial charge is 0.238 e. The van der Waals surface area contributed by atoms with Gasteiger partial charge in [0.1, 0.15) is 0 Å². The Hall–Kier alpha value is -2.64. The summed E-state index contributed by atoms with van der Waals surface area (Å²) in [5, 5.41) is 7.42. The SMILES string of the molecule is Cc1ccc(NC(=O)CN2CC(c3nc(-c4ccco4)no3)C2)cc1Cl. The molecule has 0 bridgehead atoms. The van der Waals surface area contributed by atoms with E-state index >= 15 is 0 Å². The van der Waals surface area contributed by atoms with Gasteiger partial charge in [-0.3, -0.25) is 9.69 Å². The Bertz CT molecular complexity index is 916. The normalized spacial score (nSPS) is 15.0. The maximum Gasteiger partial charge on any atom is 0.238 e. The van der Waals surface area contributed by atoms with Crippen LogP contribution < -0.4 is 5.32 Å². The maximum atomic E-state index is 12.2. The number of halogens is 1. The number of aryl methyl sites for hydroxylation is 1. The van der Waals surface area contributed by atoms with Crippen LogP contribution in [0, 0.1) is 6.92 Å². The van der Waals surface area contributed by atoms with Gasteiger partial charge in [-0.05, 0) is 36.8 Å². The number of furan rings is 1. The highest BCUT2D eigenvalue weighted by Crippen LogP contribution is 2.27. The standard InChI is InChI=1S/C18H17ClN4O3/c1-11-4-5-13(7-14(11)19)20-16(24)10-23-8-12(9-23)18-21-17(22-26-18)15-3-2-6-25-15/h2-7,12H,8-10H2,1H3,(H,20,24). The predicted octanol–water partition coefficient (Wildman–Crippen LogP) is 3.33. The van der Waals surface area contributed by atoms with E-state index in [-0.39, 0.29) is 11.8 Å². The van der Waals surface area contributed by atoms with Gasteiger partial charge in [-0.1, -0.05) is 22.8 Å². The van der Waals surface area contributed by atoms with Crippen molar-refractivity contribution in [3.63, 3.8) is 0 Å². The summed E-state index contributed by atoms with van der Waals surface area (Å²) in [5.41, 5.74) is 1.67. The Labute approximate surface area is 154 Å². The number of hydrogen-bond donors (Lipinski definition) is 1. The molecule has 1 saturated heterocycles. The zero-order chi connectivity index (χ0) is 18.1. The molecule has 4 rings (SSSR count). The minimum Gasteiger partial charge on any atom is -0.461 e. The van der Waals surface area contributed by atoms with Crippen molar-refractivity contribution in [2.45, 2.75) is 12.8 Å². The van der Waals surface area contributed by atoms with Gasteiger partial charge in [0.05, 0.1) is 18.7 Å². The number of likely N-dealkylation sites (tertiary alicyclic amines) is 1. The van der Waals surface area contributed by atoms with E-state index in [9.17, 15) is 4.79 Å². The number of carbonyl (C=O) groups excluding carboxylic acids is 1. The first kappa shape index (κ1) is 16.8. The number of anilines is 1. The number of carbonyl (C=O) groups is 1. The molecule has 0 spiro atoms.